The van der Waals surface area contributed by atoms with Crippen LogP contribution >= 0.6 is 15.9 Å². The minimum Gasteiger partial charge on any atom is -0.299 e. The van der Waals surface area contributed by atoms with Crippen LogP contribution in [0.25, 0.3) is 0 Å². The minimum atomic E-state index is 0.0795. The second-order valence-electron chi connectivity index (χ2n) is 2.23. The molecule has 1 unspecified atom stereocenters. The summed E-state index contributed by atoms with van der Waals surface area (Å²) in [5, 5.41) is 0. The lowest BCUT2D eigenvalue weighted by atomic mass is 10.3. The third kappa shape index (κ3) is 4.97. The molecule has 0 aromatic heterocycles. The molecule has 0 aliphatic carbocycles. The number of ketones is 1. The van der Waals surface area contributed by atoms with Gasteiger partial charge in [0.1, 0.15) is 16.4 Å². The highest BCUT2D eigenvalue weighted by molar-refractivity contribution is 9.10. The van der Waals surface area contributed by atoms with Crippen molar-refractivity contribution in [3.8, 4) is 0 Å². The first-order valence-electron chi connectivity index (χ1n) is 2.72. The lowest BCUT2D eigenvalue weighted by molar-refractivity contribution is -0.116. The van der Waals surface area contributed by atoms with Gasteiger partial charge in [-0.3, -0.25) is 4.79 Å². The van der Waals surface area contributed by atoms with Crippen LogP contribution in [0.2, 0.25) is 0 Å². The van der Waals surface area contributed by atoms with Crippen LogP contribution in [0.15, 0.2) is 0 Å². The molecule has 0 aromatic rings. The monoisotopic (exact) mass is 211 g/mol. The van der Waals surface area contributed by atoms with Gasteiger partial charge in [0, 0.05) is 0 Å². The number of carbonyl (C=O) groups excluding carboxylic acids is 1. The van der Waals surface area contributed by atoms with E-state index in [4.69, 9.17) is 0 Å². The predicted octanol–water partition coefficient (Wildman–Crippen LogP) is 1.22. The van der Waals surface area contributed by atoms with E-state index in [1.54, 1.807) is 6.92 Å². The quantitative estimate of drug-likeness (QED) is 0.507. The molecule has 3 heteroatoms. The number of carbonyl (C=O) groups is 1. The Morgan fingerprint density at radius 2 is 2.11 bits per heavy atom. The number of rotatable bonds is 3. The Morgan fingerprint density at radius 1 is 1.67 bits per heavy atom. The normalized spacial score (nSPS) is 13.9. The molecule has 0 saturated carbocycles. The molecular formula is C6H12BrOS+. The summed E-state index contributed by atoms with van der Waals surface area (Å²) in [5.74, 6) is 1.20. The summed E-state index contributed by atoms with van der Waals surface area (Å²) in [6.07, 6.45) is 4.27. The average molecular weight is 212 g/mol. The fraction of sp³-hybridized carbons (Fsp3) is 0.833. The van der Waals surface area contributed by atoms with Crippen molar-refractivity contribution in [2.24, 2.45) is 0 Å². The van der Waals surface area contributed by atoms with Crippen LogP contribution in [0.4, 0.5) is 0 Å². The maximum Gasteiger partial charge on any atom is 0.148 e. The van der Waals surface area contributed by atoms with Gasteiger partial charge in [-0.2, -0.15) is 0 Å². The van der Waals surface area contributed by atoms with E-state index >= 15 is 0 Å². The van der Waals surface area contributed by atoms with E-state index in [2.05, 4.69) is 28.4 Å². The molecule has 0 aliphatic heterocycles. The molecular weight excluding hydrogens is 200 g/mol. The van der Waals surface area contributed by atoms with E-state index in [1.165, 1.54) is 0 Å². The van der Waals surface area contributed by atoms with Gasteiger partial charge < -0.3 is 0 Å². The molecule has 0 aliphatic rings. The van der Waals surface area contributed by atoms with E-state index in [0.717, 1.165) is 5.75 Å². The Balaban J connectivity index is 3.50. The first kappa shape index (κ1) is 9.50. The standard InChI is InChI=1S/C6H12BrOS/c1-5(8)6(7)4-9(2)3/h6H,4H2,1-3H3/q+1. The minimum absolute atomic E-state index is 0.0795. The maximum absolute atomic E-state index is 10.6. The van der Waals surface area contributed by atoms with E-state index < -0.39 is 0 Å². The summed E-state index contributed by atoms with van der Waals surface area (Å²) in [5.41, 5.74) is 0. The van der Waals surface area contributed by atoms with E-state index in [1.807, 2.05) is 0 Å². The fourth-order valence-electron chi connectivity index (χ4n) is 0.410. The lowest BCUT2D eigenvalue weighted by Crippen LogP contribution is -2.20. The SMILES string of the molecule is CC(=O)C(Br)C[S+](C)C. The van der Waals surface area contributed by atoms with Crippen molar-refractivity contribution in [3.05, 3.63) is 0 Å². The van der Waals surface area contributed by atoms with Crippen LogP contribution in [0.1, 0.15) is 6.92 Å². The molecule has 0 N–H and O–H groups in total. The van der Waals surface area contributed by atoms with Crippen LogP contribution in [-0.2, 0) is 15.7 Å². The molecule has 0 spiro atoms. The van der Waals surface area contributed by atoms with Gasteiger partial charge >= 0.3 is 0 Å². The molecule has 0 saturated heterocycles. The van der Waals surface area contributed by atoms with Crippen molar-refractivity contribution in [2.75, 3.05) is 18.3 Å². The Labute approximate surface area is 67.7 Å². The van der Waals surface area contributed by atoms with Crippen LogP contribution in [0, 0.1) is 0 Å². The van der Waals surface area contributed by atoms with Crippen LogP contribution < -0.4 is 0 Å². The number of alkyl halides is 1. The molecule has 0 heterocycles. The zero-order valence-electron chi connectivity index (χ0n) is 5.98. The van der Waals surface area contributed by atoms with Gasteiger partial charge in [-0.25, -0.2) is 0 Å². The lowest BCUT2D eigenvalue weighted by Gasteiger charge is -2.00. The maximum atomic E-state index is 10.6. The van der Waals surface area contributed by atoms with E-state index in [-0.39, 0.29) is 10.6 Å². The van der Waals surface area contributed by atoms with Gasteiger partial charge in [-0.15, -0.1) is 0 Å². The van der Waals surface area contributed by atoms with Crippen molar-refractivity contribution in [2.45, 2.75) is 11.8 Å². The molecule has 54 valence electrons. The third-order valence-corrected chi connectivity index (χ3v) is 3.32. The number of hydrogen-bond donors (Lipinski definition) is 0. The topological polar surface area (TPSA) is 17.1 Å². The Hall–Kier alpha value is 0.500. The second-order valence-corrected chi connectivity index (χ2v) is 5.64. The highest BCUT2D eigenvalue weighted by Gasteiger charge is 2.16. The van der Waals surface area contributed by atoms with E-state index in [9.17, 15) is 4.79 Å². The van der Waals surface area contributed by atoms with Crippen molar-refractivity contribution in [1.29, 1.82) is 0 Å². The molecule has 0 aromatic carbocycles. The smallest absolute Gasteiger partial charge is 0.148 e. The van der Waals surface area contributed by atoms with Gasteiger partial charge in [-0.05, 0) is 17.8 Å². The zero-order valence-corrected chi connectivity index (χ0v) is 8.38. The summed E-state index contributed by atoms with van der Waals surface area (Å²) in [6, 6.07) is 0. The molecule has 0 amide bonds. The van der Waals surface area contributed by atoms with Crippen molar-refractivity contribution in [1.82, 2.24) is 0 Å². The fourth-order valence-corrected chi connectivity index (χ4v) is 2.82. The number of halogens is 1. The first-order chi connectivity index (χ1) is 4.04. The van der Waals surface area contributed by atoms with Gasteiger partial charge in [0.15, 0.2) is 0 Å². The van der Waals surface area contributed by atoms with Crippen LogP contribution in [0.5, 0.6) is 0 Å². The van der Waals surface area contributed by atoms with Crippen LogP contribution in [-0.4, -0.2) is 28.9 Å². The molecule has 1 atom stereocenters. The van der Waals surface area contributed by atoms with Gasteiger partial charge in [0.05, 0.1) is 12.5 Å². The van der Waals surface area contributed by atoms with E-state index in [0.29, 0.717) is 10.9 Å². The van der Waals surface area contributed by atoms with Gasteiger partial charge in [0.25, 0.3) is 0 Å². The number of hydrogen-bond acceptors (Lipinski definition) is 1. The molecule has 0 radical (unpaired) electrons. The molecule has 0 fully saturated rings. The predicted molar refractivity (Wildman–Crippen MR) is 47.5 cm³/mol. The Bertz CT molecular complexity index is 103. The third-order valence-electron chi connectivity index (χ3n) is 0.921. The summed E-state index contributed by atoms with van der Waals surface area (Å²) >= 11 is 3.30. The summed E-state index contributed by atoms with van der Waals surface area (Å²) in [7, 11) is 0.366. The molecule has 0 rings (SSSR count). The largest absolute Gasteiger partial charge is 0.299 e. The Morgan fingerprint density at radius 3 is 2.22 bits per heavy atom. The second kappa shape index (κ2) is 4.34. The van der Waals surface area contributed by atoms with Crippen molar-refractivity contribution >= 4 is 32.6 Å². The van der Waals surface area contributed by atoms with Crippen molar-refractivity contribution in [3.63, 3.8) is 0 Å². The van der Waals surface area contributed by atoms with Gasteiger partial charge in [0.2, 0.25) is 0 Å². The highest BCUT2D eigenvalue weighted by atomic mass is 79.9. The van der Waals surface area contributed by atoms with Crippen molar-refractivity contribution < 1.29 is 4.79 Å². The molecule has 0 bridgehead atoms. The van der Waals surface area contributed by atoms with Crippen LogP contribution in [0.3, 0.4) is 0 Å². The summed E-state index contributed by atoms with van der Waals surface area (Å²) in [4.78, 5) is 10.7. The average Bonchev–Trinajstić information content (AvgIpc) is 1.63. The first-order valence-corrected chi connectivity index (χ1v) is 5.85. The Kier molecular flexibility index (Phi) is 4.58. The summed E-state index contributed by atoms with van der Waals surface area (Å²) < 4.78 is 0. The zero-order chi connectivity index (χ0) is 7.44. The summed E-state index contributed by atoms with van der Waals surface area (Å²) in [6.45, 7) is 1.62. The van der Waals surface area contributed by atoms with Gasteiger partial charge in [-0.1, -0.05) is 15.9 Å². The highest BCUT2D eigenvalue weighted by Crippen LogP contribution is 2.03. The number of Topliss-reactive ketones (excluding diaryl/α,β-unsaturated/α-hetero) is 1. The molecule has 1 nitrogen and oxygen atoms in total. The molecule has 9 heavy (non-hydrogen) atoms.